The van der Waals surface area contributed by atoms with Crippen LogP contribution in [0.3, 0.4) is 0 Å². The molecule has 0 aromatic heterocycles. The molecule has 0 saturated heterocycles. The molecular formula is C10H13NO2. The van der Waals surface area contributed by atoms with Crippen molar-refractivity contribution in [1.29, 1.82) is 0 Å². The van der Waals surface area contributed by atoms with E-state index in [4.69, 9.17) is 0 Å². The summed E-state index contributed by atoms with van der Waals surface area (Å²) in [5.74, 6) is 0.477. The Morgan fingerprint density at radius 1 is 1.31 bits per heavy atom. The Morgan fingerprint density at radius 2 is 1.85 bits per heavy atom. The molecule has 0 bridgehead atoms. The Balaban J connectivity index is 2.75. The molecule has 0 atom stereocenters. The predicted molar refractivity (Wildman–Crippen MR) is 51.2 cm³/mol. The summed E-state index contributed by atoms with van der Waals surface area (Å²) < 4.78 is 0. The van der Waals surface area contributed by atoms with Crippen molar-refractivity contribution in [3.63, 3.8) is 0 Å². The molecule has 1 rings (SSSR count). The molecule has 0 N–H and O–H groups in total. The molecule has 1 aromatic rings. The second-order valence-corrected chi connectivity index (χ2v) is 3.39. The average Bonchev–Trinajstić information content (AvgIpc) is 2.04. The SMILES string of the molecule is CC(C)c1ccc(C[N+](=O)[O-])cc1. The molecule has 3 nitrogen and oxygen atoms in total. The molecule has 0 fully saturated rings. The van der Waals surface area contributed by atoms with Gasteiger partial charge in [0.15, 0.2) is 0 Å². The highest BCUT2D eigenvalue weighted by Crippen LogP contribution is 2.14. The van der Waals surface area contributed by atoms with Crippen LogP contribution in [0.2, 0.25) is 0 Å². The molecule has 0 aliphatic carbocycles. The molecule has 0 radical (unpaired) electrons. The van der Waals surface area contributed by atoms with Crippen molar-refractivity contribution in [3.8, 4) is 0 Å². The topological polar surface area (TPSA) is 43.1 Å². The van der Waals surface area contributed by atoms with Crippen molar-refractivity contribution in [1.82, 2.24) is 0 Å². The van der Waals surface area contributed by atoms with E-state index in [0.717, 1.165) is 5.56 Å². The van der Waals surface area contributed by atoms with Crippen molar-refractivity contribution in [2.75, 3.05) is 0 Å². The summed E-state index contributed by atoms with van der Waals surface area (Å²) in [6, 6.07) is 7.53. The molecule has 0 heterocycles. The third-order valence-electron chi connectivity index (χ3n) is 1.96. The van der Waals surface area contributed by atoms with Gasteiger partial charge in [-0.25, -0.2) is 0 Å². The van der Waals surface area contributed by atoms with Gasteiger partial charge in [-0.1, -0.05) is 38.1 Å². The van der Waals surface area contributed by atoms with Crippen LogP contribution < -0.4 is 0 Å². The number of hydrogen-bond acceptors (Lipinski definition) is 2. The number of hydrogen-bond donors (Lipinski definition) is 0. The van der Waals surface area contributed by atoms with Crippen LogP contribution >= 0.6 is 0 Å². The number of rotatable bonds is 3. The van der Waals surface area contributed by atoms with Crippen molar-refractivity contribution >= 4 is 0 Å². The summed E-state index contributed by atoms with van der Waals surface area (Å²) in [6.45, 7) is 4.11. The van der Waals surface area contributed by atoms with Crippen LogP contribution in [0.4, 0.5) is 0 Å². The van der Waals surface area contributed by atoms with Crippen molar-refractivity contribution in [2.45, 2.75) is 26.3 Å². The second-order valence-electron chi connectivity index (χ2n) is 3.39. The van der Waals surface area contributed by atoms with Gasteiger partial charge in [0, 0.05) is 10.5 Å². The molecule has 0 saturated carbocycles. The maximum Gasteiger partial charge on any atom is 0.228 e. The largest absolute Gasteiger partial charge is 0.264 e. The van der Waals surface area contributed by atoms with Crippen LogP contribution in [0.5, 0.6) is 0 Å². The summed E-state index contributed by atoms with van der Waals surface area (Å²) in [5.41, 5.74) is 1.97. The third-order valence-corrected chi connectivity index (χ3v) is 1.96. The van der Waals surface area contributed by atoms with E-state index in [2.05, 4.69) is 13.8 Å². The highest BCUT2D eigenvalue weighted by atomic mass is 16.6. The van der Waals surface area contributed by atoms with Gasteiger partial charge in [0.05, 0.1) is 0 Å². The lowest BCUT2D eigenvalue weighted by molar-refractivity contribution is -0.496. The minimum absolute atomic E-state index is 0.0849. The van der Waals surface area contributed by atoms with E-state index in [1.807, 2.05) is 24.3 Å². The first-order chi connectivity index (χ1) is 6.09. The lowest BCUT2D eigenvalue weighted by atomic mass is 10.0. The van der Waals surface area contributed by atoms with Crippen LogP contribution in [0.25, 0.3) is 0 Å². The second kappa shape index (κ2) is 4.03. The summed E-state index contributed by atoms with van der Waals surface area (Å²) in [6.07, 6.45) is 0. The Hall–Kier alpha value is -1.38. The Bertz CT molecular complexity index is 290. The molecule has 0 aliphatic rings. The summed E-state index contributed by atoms with van der Waals surface area (Å²) >= 11 is 0. The smallest absolute Gasteiger partial charge is 0.228 e. The first kappa shape index (κ1) is 9.71. The average molecular weight is 179 g/mol. The van der Waals surface area contributed by atoms with E-state index in [9.17, 15) is 10.1 Å². The van der Waals surface area contributed by atoms with Gasteiger partial charge in [0.1, 0.15) is 0 Å². The maximum atomic E-state index is 10.2. The zero-order valence-corrected chi connectivity index (χ0v) is 7.86. The lowest BCUT2D eigenvalue weighted by Crippen LogP contribution is -1.98. The van der Waals surface area contributed by atoms with Gasteiger partial charge in [0.2, 0.25) is 6.54 Å². The van der Waals surface area contributed by atoms with Gasteiger partial charge < -0.3 is 0 Å². The number of nitro groups is 1. The summed E-state index contributed by atoms with van der Waals surface area (Å²) in [7, 11) is 0. The van der Waals surface area contributed by atoms with Crippen molar-refractivity contribution < 1.29 is 4.92 Å². The molecular weight excluding hydrogens is 166 g/mol. The quantitative estimate of drug-likeness (QED) is 0.528. The van der Waals surface area contributed by atoms with E-state index in [1.165, 1.54) is 5.56 Å². The lowest BCUT2D eigenvalue weighted by Gasteiger charge is -2.04. The Kier molecular flexibility index (Phi) is 3.01. The fourth-order valence-electron chi connectivity index (χ4n) is 1.16. The number of nitrogens with zero attached hydrogens (tertiary/aromatic N) is 1. The van der Waals surface area contributed by atoms with E-state index in [0.29, 0.717) is 5.92 Å². The maximum absolute atomic E-state index is 10.2. The summed E-state index contributed by atoms with van der Waals surface area (Å²) in [5, 5.41) is 10.2. The standard InChI is InChI=1S/C10H13NO2/c1-8(2)10-5-3-9(4-6-10)7-11(12)13/h3-6,8H,7H2,1-2H3. The molecule has 3 heteroatoms. The fraction of sp³-hybridized carbons (Fsp3) is 0.400. The van der Waals surface area contributed by atoms with E-state index in [-0.39, 0.29) is 11.5 Å². The van der Waals surface area contributed by atoms with Gasteiger partial charge >= 0.3 is 0 Å². The normalized spacial score (nSPS) is 10.4. The van der Waals surface area contributed by atoms with Crippen LogP contribution in [-0.2, 0) is 6.54 Å². The zero-order valence-electron chi connectivity index (χ0n) is 7.86. The van der Waals surface area contributed by atoms with Crippen LogP contribution in [0.1, 0.15) is 30.9 Å². The van der Waals surface area contributed by atoms with Crippen LogP contribution in [0.15, 0.2) is 24.3 Å². The molecule has 13 heavy (non-hydrogen) atoms. The van der Waals surface area contributed by atoms with E-state index >= 15 is 0 Å². The van der Waals surface area contributed by atoms with Crippen molar-refractivity contribution in [2.24, 2.45) is 0 Å². The highest BCUT2D eigenvalue weighted by Gasteiger charge is 2.02. The molecule has 0 amide bonds. The van der Waals surface area contributed by atoms with Crippen LogP contribution in [-0.4, -0.2) is 4.92 Å². The summed E-state index contributed by atoms with van der Waals surface area (Å²) in [4.78, 5) is 9.88. The van der Waals surface area contributed by atoms with Gasteiger partial charge in [-0.15, -0.1) is 0 Å². The highest BCUT2D eigenvalue weighted by molar-refractivity contribution is 5.24. The molecule has 70 valence electrons. The first-order valence-electron chi connectivity index (χ1n) is 4.30. The minimum atomic E-state index is -0.315. The zero-order chi connectivity index (χ0) is 9.84. The fourth-order valence-corrected chi connectivity index (χ4v) is 1.16. The molecule has 0 spiro atoms. The minimum Gasteiger partial charge on any atom is -0.264 e. The van der Waals surface area contributed by atoms with Gasteiger partial charge in [-0.2, -0.15) is 0 Å². The molecule has 0 unspecified atom stereocenters. The van der Waals surface area contributed by atoms with Gasteiger partial charge in [-0.05, 0) is 11.5 Å². The van der Waals surface area contributed by atoms with E-state index < -0.39 is 0 Å². The van der Waals surface area contributed by atoms with E-state index in [1.54, 1.807) is 0 Å². The van der Waals surface area contributed by atoms with Crippen LogP contribution in [0, 0.1) is 10.1 Å². The molecule has 1 aromatic carbocycles. The monoisotopic (exact) mass is 179 g/mol. The number of benzene rings is 1. The first-order valence-corrected chi connectivity index (χ1v) is 4.30. The van der Waals surface area contributed by atoms with Gasteiger partial charge in [-0.3, -0.25) is 10.1 Å². The Morgan fingerprint density at radius 3 is 2.23 bits per heavy atom. The Labute approximate surface area is 77.5 Å². The van der Waals surface area contributed by atoms with Crippen molar-refractivity contribution in [3.05, 3.63) is 45.5 Å². The third kappa shape index (κ3) is 2.86. The predicted octanol–water partition coefficient (Wildman–Crippen LogP) is 2.59. The van der Waals surface area contributed by atoms with Gasteiger partial charge in [0.25, 0.3) is 0 Å². The molecule has 0 aliphatic heterocycles.